The fourth-order valence-corrected chi connectivity index (χ4v) is 6.42. The molecule has 0 unspecified atom stereocenters. The molecule has 0 radical (unpaired) electrons. The molecule has 2 N–H and O–H groups in total. The molecule has 5 aliphatic heterocycles. The summed E-state index contributed by atoms with van der Waals surface area (Å²) in [7, 11) is 2.07. The summed E-state index contributed by atoms with van der Waals surface area (Å²) in [5.74, 6) is 0.994. The molecule has 6 heterocycles. The highest BCUT2D eigenvalue weighted by Crippen LogP contribution is 2.33. The highest BCUT2D eigenvalue weighted by atomic mass is 15.3. The minimum Gasteiger partial charge on any atom is -0.355 e. The Morgan fingerprint density at radius 1 is 0.659 bits per heavy atom. The number of hydrogen-bond donors (Lipinski definition) is 2. The van der Waals surface area contributed by atoms with E-state index in [4.69, 9.17) is 15.0 Å². The Morgan fingerprint density at radius 2 is 1.30 bits per heavy atom. The first kappa shape index (κ1) is 29.9. The molecule has 0 saturated heterocycles. The Kier molecular flexibility index (Phi) is 9.55. The van der Waals surface area contributed by atoms with Crippen LogP contribution < -0.4 is 5.32 Å². The number of nitrogens with one attached hydrogen (secondary N) is 2. The number of aromatic amines is 1. The molecular weight excluding hydrogens is 540 g/mol. The summed E-state index contributed by atoms with van der Waals surface area (Å²) < 4.78 is 0. The molecule has 1 aromatic rings. The van der Waals surface area contributed by atoms with E-state index in [2.05, 4.69) is 90.8 Å². The molecule has 6 heteroatoms. The number of nitrogens with zero attached hydrogens (tertiary/aromatic N) is 4. The summed E-state index contributed by atoms with van der Waals surface area (Å²) in [6.07, 6.45) is 33.5. The first-order chi connectivity index (χ1) is 21.6. The lowest BCUT2D eigenvalue weighted by atomic mass is 10.00. The van der Waals surface area contributed by atoms with Crippen molar-refractivity contribution in [3.63, 3.8) is 0 Å². The molecule has 0 spiro atoms. The van der Waals surface area contributed by atoms with Gasteiger partial charge in [0.2, 0.25) is 0 Å². The van der Waals surface area contributed by atoms with Crippen molar-refractivity contribution in [2.75, 3.05) is 7.05 Å². The summed E-state index contributed by atoms with van der Waals surface area (Å²) in [6, 6.07) is 4.37. The molecule has 0 saturated carbocycles. The average molecular weight is 587 g/mol. The van der Waals surface area contributed by atoms with Crippen molar-refractivity contribution < 1.29 is 0 Å². The van der Waals surface area contributed by atoms with E-state index in [0.29, 0.717) is 0 Å². The summed E-state index contributed by atoms with van der Waals surface area (Å²) in [6.45, 7) is 4.53. The molecule has 0 atom stereocenters. The van der Waals surface area contributed by atoms with Gasteiger partial charge in [0, 0.05) is 42.0 Å². The third kappa shape index (κ3) is 6.64. The first-order valence-electron chi connectivity index (χ1n) is 16.7. The van der Waals surface area contributed by atoms with E-state index in [1.165, 1.54) is 62.5 Å². The van der Waals surface area contributed by atoms with Crippen molar-refractivity contribution in [3.8, 4) is 0 Å². The van der Waals surface area contributed by atoms with Gasteiger partial charge in [0.1, 0.15) is 5.82 Å². The van der Waals surface area contributed by atoms with Gasteiger partial charge in [0.15, 0.2) is 0 Å². The molecule has 8 bridgehead atoms. The van der Waals surface area contributed by atoms with Gasteiger partial charge in [0.05, 0.1) is 39.8 Å². The van der Waals surface area contributed by atoms with E-state index >= 15 is 0 Å². The van der Waals surface area contributed by atoms with Crippen molar-refractivity contribution in [1.29, 1.82) is 0 Å². The average Bonchev–Trinajstić information content (AvgIpc) is 3.86. The zero-order chi connectivity index (χ0) is 30.3. The van der Waals surface area contributed by atoms with Crippen LogP contribution in [0.2, 0.25) is 0 Å². The SMILES string of the molecule is CCCCCCCC1=C2C=CC(=N2)C(=C2NC=CN2C)C2=NC(=C(CCCCCCC)c3ccc([nH]3)C=C3C=CC1=N3)C=C2. The lowest BCUT2D eigenvalue weighted by molar-refractivity contribution is 0.568. The second kappa shape index (κ2) is 14.1. The van der Waals surface area contributed by atoms with Crippen molar-refractivity contribution in [3.05, 3.63) is 106 Å². The largest absolute Gasteiger partial charge is 0.355 e. The molecule has 0 aromatic carbocycles. The highest BCUT2D eigenvalue weighted by Gasteiger charge is 2.27. The predicted molar refractivity (Wildman–Crippen MR) is 186 cm³/mol. The number of rotatable bonds is 12. The fraction of sp³-hybridized carbons (Fsp3) is 0.395. The Bertz CT molecular complexity index is 1610. The van der Waals surface area contributed by atoms with Crippen LogP contribution in [-0.2, 0) is 0 Å². The van der Waals surface area contributed by atoms with E-state index in [-0.39, 0.29) is 0 Å². The maximum Gasteiger partial charge on any atom is 0.121 e. The predicted octanol–water partition coefficient (Wildman–Crippen LogP) is 9.31. The van der Waals surface area contributed by atoms with Gasteiger partial charge in [-0.3, -0.25) is 0 Å². The smallest absolute Gasteiger partial charge is 0.121 e. The molecule has 0 amide bonds. The summed E-state index contributed by atoms with van der Waals surface area (Å²) in [4.78, 5) is 21.5. The first-order valence-corrected chi connectivity index (χ1v) is 16.7. The minimum atomic E-state index is 0.930. The monoisotopic (exact) mass is 586 g/mol. The van der Waals surface area contributed by atoms with Crippen molar-refractivity contribution in [2.45, 2.75) is 90.9 Å². The number of H-pyrrole nitrogens is 1. The van der Waals surface area contributed by atoms with Crippen LogP contribution in [0.25, 0.3) is 11.6 Å². The quantitative estimate of drug-likeness (QED) is 0.240. The van der Waals surface area contributed by atoms with Crippen LogP contribution in [0.15, 0.2) is 110 Å². The van der Waals surface area contributed by atoms with Crippen LogP contribution in [0.3, 0.4) is 0 Å². The Morgan fingerprint density at radius 3 is 1.95 bits per heavy atom. The summed E-state index contributed by atoms with van der Waals surface area (Å²) in [5, 5.41) is 3.47. The van der Waals surface area contributed by atoms with Gasteiger partial charge < -0.3 is 15.2 Å². The molecule has 0 aliphatic carbocycles. The minimum absolute atomic E-state index is 0.930. The van der Waals surface area contributed by atoms with Gasteiger partial charge >= 0.3 is 0 Å². The lowest BCUT2D eigenvalue weighted by Crippen LogP contribution is -2.23. The topological polar surface area (TPSA) is 68.1 Å². The van der Waals surface area contributed by atoms with Gasteiger partial charge in [-0.15, -0.1) is 0 Å². The zero-order valence-electron chi connectivity index (χ0n) is 26.6. The van der Waals surface area contributed by atoms with Gasteiger partial charge in [-0.1, -0.05) is 65.2 Å². The van der Waals surface area contributed by atoms with Crippen LogP contribution in [-0.4, -0.2) is 34.1 Å². The number of unbranched alkanes of at least 4 members (excludes halogenated alkanes) is 8. The van der Waals surface area contributed by atoms with Crippen molar-refractivity contribution in [2.24, 2.45) is 15.0 Å². The van der Waals surface area contributed by atoms with Crippen LogP contribution in [0.5, 0.6) is 0 Å². The normalized spacial score (nSPS) is 20.2. The molecule has 6 rings (SSSR count). The van der Waals surface area contributed by atoms with Gasteiger partial charge in [-0.05, 0) is 80.3 Å². The van der Waals surface area contributed by atoms with Gasteiger partial charge in [-0.25, -0.2) is 15.0 Å². The molecule has 6 nitrogen and oxygen atoms in total. The van der Waals surface area contributed by atoms with E-state index in [0.717, 1.165) is 82.7 Å². The molecular formula is C38H46N6. The number of aromatic nitrogens is 1. The fourth-order valence-electron chi connectivity index (χ4n) is 6.42. The molecule has 0 fully saturated rings. The molecule has 1 aromatic heterocycles. The van der Waals surface area contributed by atoms with Gasteiger partial charge in [-0.2, -0.15) is 0 Å². The second-order valence-corrected chi connectivity index (χ2v) is 12.2. The maximum absolute atomic E-state index is 5.29. The number of allylic oxidation sites excluding steroid dienone is 9. The summed E-state index contributed by atoms with van der Waals surface area (Å²) >= 11 is 0. The summed E-state index contributed by atoms with van der Waals surface area (Å²) in [5.41, 5.74) is 11.6. The maximum atomic E-state index is 5.29. The van der Waals surface area contributed by atoms with Crippen LogP contribution in [0, 0.1) is 0 Å². The molecule has 228 valence electrons. The standard InChI is InChI=1S/C38H46N6/c1-4-6-8-10-12-14-29-31-18-16-27(40-31)26-28-17-19-32(41-28)30(15-13-11-9-7-5-2)34-21-23-36(43-34)37(35-22-20-33(29)42-35)38-39-24-25-44(38)3/h16-26,39-40H,4-15H2,1-3H3. The third-order valence-corrected chi connectivity index (χ3v) is 8.89. The second-order valence-electron chi connectivity index (χ2n) is 12.2. The Labute approximate surface area is 262 Å². The molecule has 44 heavy (non-hydrogen) atoms. The number of hydrogen-bond acceptors (Lipinski definition) is 5. The molecule has 5 aliphatic rings. The lowest BCUT2D eigenvalue weighted by Gasteiger charge is -2.17. The van der Waals surface area contributed by atoms with Crippen molar-refractivity contribution >= 4 is 28.8 Å². The Balaban J connectivity index is 1.45. The van der Waals surface area contributed by atoms with Crippen LogP contribution >= 0.6 is 0 Å². The number of aliphatic imine (C=N–C) groups is 3. The van der Waals surface area contributed by atoms with E-state index in [1.807, 2.05) is 12.4 Å². The Hall–Kier alpha value is -4.19. The van der Waals surface area contributed by atoms with Crippen LogP contribution in [0.4, 0.5) is 0 Å². The van der Waals surface area contributed by atoms with Crippen LogP contribution in [0.1, 0.15) is 102 Å². The third-order valence-electron chi connectivity index (χ3n) is 8.89. The highest BCUT2D eigenvalue weighted by molar-refractivity contribution is 6.34. The van der Waals surface area contributed by atoms with Crippen molar-refractivity contribution in [1.82, 2.24) is 15.2 Å². The van der Waals surface area contributed by atoms with E-state index in [9.17, 15) is 0 Å². The zero-order valence-corrected chi connectivity index (χ0v) is 26.6. The van der Waals surface area contributed by atoms with E-state index < -0.39 is 0 Å². The van der Waals surface area contributed by atoms with Gasteiger partial charge in [0.25, 0.3) is 0 Å². The number of fused-ring (bicyclic) bond motifs is 5. The van der Waals surface area contributed by atoms with E-state index in [1.54, 1.807) is 0 Å².